The highest BCUT2D eigenvalue weighted by atomic mass is 16.2. The Morgan fingerprint density at radius 2 is 1.39 bits per heavy atom. The van der Waals surface area contributed by atoms with Gasteiger partial charge < -0.3 is 14.4 Å². The average molecular weight is 382 g/mol. The van der Waals surface area contributed by atoms with Gasteiger partial charge in [0.1, 0.15) is 0 Å². The summed E-state index contributed by atoms with van der Waals surface area (Å²) in [5, 5.41) is 0. The van der Waals surface area contributed by atoms with Gasteiger partial charge in [0.2, 0.25) is 5.91 Å². The lowest BCUT2D eigenvalue weighted by Crippen LogP contribution is -2.50. The fraction of sp³-hybridized carbons (Fsp3) is 0.478. The van der Waals surface area contributed by atoms with Crippen LogP contribution in [-0.2, 0) is 4.79 Å². The van der Waals surface area contributed by atoms with E-state index in [-0.39, 0.29) is 11.8 Å². The van der Waals surface area contributed by atoms with Crippen LogP contribution in [0.4, 0.5) is 0 Å². The minimum atomic E-state index is 0.0433. The van der Waals surface area contributed by atoms with Crippen molar-refractivity contribution in [3.63, 3.8) is 0 Å². The standard InChI is InChI=1S/C23H31N3O2/c1-17(2)5-12-22(27)24-13-15-25(16-14-24)23(28)20-8-10-21(11-9-20)26-18(3)6-7-19(26)4/h6-11,17H,5,12-16H2,1-4H3. The zero-order valence-corrected chi connectivity index (χ0v) is 17.4. The number of hydrogen-bond donors (Lipinski definition) is 0. The molecule has 0 spiro atoms. The van der Waals surface area contributed by atoms with Crippen molar-refractivity contribution in [2.45, 2.75) is 40.5 Å². The van der Waals surface area contributed by atoms with Crippen LogP contribution in [0, 0.1) is 19.8 Å². The highest BCUT2D eigenvalue weighted by Crippen LogP contribution is 2.18. The second-order valence-corrected chi connectivity index (χ2v) is 8.10. The van der Waals surface area contributed by atoms with Crippen molar-refractivity contribution in [2.75, 3.05) is 26.2 Å². The SMILES string of the molecule is Cc1ccc(C)n1-c1ccc(C(=O)N2CCN(C(=O)CCC(C)C)CC2)cc1. The van der Waals surface area contributed by atoms with E-state index in [1.165, 1.54) is 11.4 Å². The summed E-state index contributed by atoms with van der Waals surface area (Å²) in [4.78, 5) is 28.9. The fourth-order valence-corrected chi connectivity index (χ4v) is 3.74. The zero-order chi connectivity index (χ0) is 20.3. The van der Waals surface area contributed by atoms with E-state index in [0.717, 1.165) is 12.1 Å². The Balaban J connectivity index is 1.59. The molecule has 1 aromatic heterocycles. The van der Waals surface area contributed by atoms with Crippen molar-refractivity contribution in [1.82, 2.24) is 14.4 Å². The average Bonchev–Trinajstić information content (AvgIpc) is 3.04. The number of nitrogens with zero attached hydrogens (tertiary/aromatic N) is 3. The first-order chi connectivity index (χ1) is 13.4. The summed E-state index contributed by atoms with van der Waals surface area (Å²) < 4.78 is 2.18. The normalized spacial score (nSPS) is 14.6. The minimum Gasteiger partial charge on any atom is -0.339 e. The van der Waals surface area contributed by atoms with Crippen LogP contribution in [-0.4, -0.2) is 52.4 Å². The van der Waals surface area contributed by atoms with Crippen molar-refractivity contribution in [2.24, 2.45) is 5.92 Å². The van der Waals surface area contributed by atoms with E-state index < -0.39 is 0 Å². The van der Waals surface area contributed by atoms with Gasteiger partial charge in [0.25, 0.3) is 5.91 Å². The van der Waals surface area contributed by atoms with Gasteiger partial charge in [0.15, 0.2) is 0 Å². The van der Waals surface area contributed by atoms with Gasteiger partial charge in [-0.3, -0.25) is 9.59 Å². The number of carbonyl (C=O) groups is 2. The Morgan fingerprint density at radius 3 is 1.93 bits per heavy atom. The van der Waals surface area contributed by atoms with Crippen molar-refractivity contribution in [3.8, 4) is 5.69 Å². The fourth-order valence-electron chi connectivity index (χ4n) is 3.74. The maximum Gasteiger partial charge on any atom is 0.253 e. The zero-order valence-electron chi connectivity index (χ0n) is 17.4. The van der Waals surface area contributed by atoms with Crippen LogP contribution >= 0.6 is 0 Å². The van der Waals surface area contributed by atoms with Crippen molar-refractivity contribution < 1.29 is 9.59 Å². The molecule has 0 unspecified atom stereocenters. The van der Waals surface area contributed by atoms with Crippen LogP contribution in [0.2, 0.25) is 0 Å². The van der Waals surface area contributed by atoms with E-state index in [1.54, 1.807) is 0 Å². The topological polar surface area (TPSA) is 45.6 Å². The highest BCUT2D eigenvalue weighted by molar-refractivity contribution is 5.94. The second kappa shape index (κ2) is 8.63. The van der Waals surface area contributed by atoms with Crippen LogP contribution in [0.15, 0.2) is 36.4 Å². The van der Waals surface area contributed by atoms with E-state index in [9.17, 15) is 9.59 Å². The molecular formula is C23H31N3O2. The van der Waals surface area contributed by atoms with Crippen LogP contribution in [0.3, 0.4) is 0 Å². The molecule has 2 amide bonds. The number of aryl methyl sites for hydroxylation is 2. The lowest BCUT2D eigenvalue weighted by Gasteiger charge is -2.35. The Labute approximate surface area is 167 Å². The molecule has 0 aliphatic carbocycles. The van der Waals surface area contributed by atoms with Crippen molar-refractivity contribution in [1.29, 1.82) is 0 Å². The van der Waals surface area contributed by atoms with E-state index in [0.29, 0.717) is 44.1 Å². The number of amides is 2. The van der Waals surface area contributed by atoms with Gasteiger partial charge in [-0.05, 0) is 62.6 Å². The van der Waals surface area contributed by atoms with Gasteiger partial charge in [-0.1, -0.05) is 13.8 Å². The highest BCUT2D eigenvalue weighted by Gasteiger charge is 2.24. The predicted octanol–water partition coefficient (Wildman–Crippen LogP) is 3.81. The molecule has 150 valence electrons. The molecule has 1 aromatic carbocycles. The Hall–Kier alpha value is -2.56. The van der Waals surface area contributed by atoms with Crippen LogP contribution in [0.25, 0.3) is 5.69 Å². The summed E-state index contributed by atoms with van der Waals surface area (Å²) in [6.45, 7) is 10.9. The molecule has 1 aliphatic rings. The van der Waals surface area contributed by atoms with Gasteiger partial charge in [-0.2, -0.15) is 0 Å². The lowest BCUT2D eigenvalue weighted by molar-refractivity contribution is -0.132. The first-order valence-corrected chi connectivity index (χ1v) is 10.2. The molecule has 2 heterocycles. The quantitative estimate of drug-likeness (QED) is 0.790. The number of piperazine rings is 1. The Kier molecular flexibility index (Phi) is 6.22. The lowest BCUT2D eigenvalue weighted by atomic mass is 10.1. The van der Waals surface area contributed by atoms with Gasteiger partial charge in [0, 0.05) is 55.2 Å². The smallest absolute Gasteiger partial charge is 0.253 e. The van der Waals surface area contributed by atoms with E-state index in [1.807, 2.05) is 34.1 Å². The number of benzene rings is 1. The van der Waals surface area contributed by atoms with Crippen LogP contribution in [0.5, 0.6) is 0 Å². The molecule has 5 heteroatoms. The second-order valence-electron chi connectivity index (χ2n) is 8.10. The summed E-state index contributed by atoms with van der Waals surface area (Å²) in [7, 11) is 0. The Bertz CT molecular complexity index is 809. The number of carbonyl (C=O) groups excluding carboxylic acids is 2. The molecule has 28 heavy (non-hydrogen) atoms. The molecule has 0 N–H and O–H groups in total. The molecule has 0 radical (unpaired) electrons. The molecule has 0 saturated carbocycles. The summed E-state index contributed by atoms with van der Waals surface area (Å²) in [6, 6.07) is 12.0. The third-order valence-electron chi connectivity index (χ3n) is 5.50. The summed E-state index contributed by atoms with van der Waals surface area (Å²) >= 11 is 0. The Morgan fingerprint density at radius 1 is 0.857 bits per heavy atom. The van der Waals surface area contributed by atoms with E-state index in [4.69, 9.17) is 0 Å². The van der Waals surface area contributed by atoms with Gasteiger partial charge in [0.05, 0.1) is 0 Å². The summed E-state index contributed by atoms with van der Waals surface area (Å²) in [6.07, 6.45) is 1.52. The molecule has 1 fully saturated rings. The van der Waals surface area contributed by atoms with Gasteiger partial charge >= 0.3 is 0 Å². The third-order valence-corrected chi connectivity index (χ3v) is 5.50. The van der Waals surface area contributed by atoms with E-state index >= 15 is 0 Å². The maximum atomic E-state index is 12.8. The molecule has 5 nitrogen and oxygen atoms in total. The van der Waals surface area contributed by atoms with Crippen LogP contribution in [0.1, 0.15) is 48.4 Å². The molecule has 1 aliphatic heterocycles. The van der Waals surface area contributed by atoms with E-state index in [2.05, 4.69) is 44.4 Å². The predicted molar refractivity (Wildman–Crippen MR) is 112 cm³/mol. The molecule has 0 bridgehead atoms. The number of hydrogen-bond acceptors (Lipinski definition) is 2. The monoisotopic (exact) mass is 381 g/mol. The van der Waals surface area contributed by atoms with Crippen LogP contribution < -0.4 is 0 Å². The van der Waals surface area contributed by atoms with Gasteiger partial charge in [-0.15, -0.1) is 0 Å². The largest absolute Gasteiger partial charge is 0.339 e. The number of aromatic nitrogens is 1. The molecule has 1 saturated heterocycles. The molecule has 3 rings (SSSR count). The van der Waals surface area contributed by atoms with Crippen molar-refractivity contribution >= 4 is 11.8 Å². The minimum absolute atomic E-state index is 0.0433. The molecule has 2 aromatic rings. The number of rotatable bonds is 5. The summed E-state index contributed by atoms with van der Waals surface area (Å²) in [5.41, 5.74) is 4.12. The first kappa shape index (κ1) is 20.2. The molecule has 0 atom stereocenters. The first-order valence-electron chi connectivity index (χ1n) is 10.2. The summed E-state index contributed by atoms with van der Waals surface area (Å²) in [5.74, 6) is 0.790. The molecular weight excluding hydrogens is 350 g/mol. The third kappa shape index (κ3) is 4.46. The van der Waals surface area contributed by atoms with Gasteiger partial charge in [-0.25, -0.2) is 0 Å². The maximum absolute atomic E-state index is 12.8. The van der Waals surface area contributed by atoms with Crippen molar-refractivity contribution in [3.05, 3.63) is 53.3 Å².